The Kier molecular flexibility index (Phi) is 6.03. The first kappa shape index (κ1) is 16.2. The van der Waals surface area contributed by atoms with E-state index in [2.05, 4.69) is 10.0 Å². The van der Waals surface area contributed by atoms with Gasteiger partial charge in [-0.15, -0.1) is 0 Å². The van der Waals surface area contributed by atoms with Crippen molar-refractivity contribution in [3.63, 3.8) is 0 Å². The van der Waals surface area contributed by atoms with E-state index in [0.717, 1.165) is 6.07 Å². The van der Waals surface area contributed by atoms with E-state index in [4.69, 9.17) is 11.6 Å². The molecule has 0 aliphatic carbocycles. The van der Waals surface area contributed by atoms with Crippen molar-refractivity contribution in [2.45, 2.75) is 26.3 Å². The molecule has 0 aromatic heterocycles. The molecule has 0 atom stereocenters. The molecule has 0 bridgehead atoms. The van der Waals surface area contributed by atoms with E-state index in [-0.39, 0.29) is 16.5 Å². The highest BCUT2D eigenvalue weighted by atomic mass is 35.5. The number of sulfonamides is 1. The molecular formula is C12H18ClFN2O2S. The third-order valence-electron chi connectivity index (χ3n) is 2.34. The van der Waals surface area contributed by atoms with Crippen LogP contribution in [-0.4, -0.2) is 26.8 Å². The molecule has 0 aliphatic heterocycles. The van der Waals surface area contributed by atoms with Gasteiger partial charge in [0.1, 0.15) is 5.82 Å². The molecule has 0 amide bonds. The molecule has 4 nitrogen and oxygen atoms in total. The molecule has 0 aliphatic rings. The third-order valence-corrected chi connectivity index (χ3v) is 4.02. The first-order valence-electron chi connectivity index (χ1n) is 5.99. The van der Waals surface area contributed by atoms with Gasteiger partial charge >= 0.3 is 0 Å². The van der Waals surface area contributed by atoms with Crippen molar-refractivity contribution in [1.29, 1.82) is 0 Å². The highest BCUT2D eigenvalue weighted by Gasteiger charge is 2.13. The molecule has 1 aromatic rings. The lowest BCUT2D eigenvalue weighted by atomic mass is 10.3. The van der Waals surface area contributed by atoms with Crippen LogP contribution >= 0.6 is 11.6 Å². The summed E-state index contributed by atoms with van der Waals surface area (Å²) < 4.78 is 38.9. The number of benzene rings is 1. The minimum absolute atomic E-state index is 0.0421. The van der Waals surface area contributed by atoms with Crippen molar-refractivity contribution in [2.24, 2.45) is 0 Å². The maximum Gasteiger partial charge on any atom is 0.232 e. The smallest absolute Gasteiger partial charge is 0.232 e. The molecule has 1 rings (SSSR count). The minimum Gasteiger partial charge on any atom is -0.314 e. The zero-order chi connectivity index (χ0) is 14.5. The van der Waals surface area contributed by atoms with Crippen LogP contribution < -0.4 is 10.0 Å². The van der Waals surface area contributed by atoms with Gasteiger partial charge in [0, 0.05) is 6.04 Å². The maximum atomic E-state index is 13.0. The van der Waals surface area contributed by atoms with E-state index in [0.29, 0.717) is 19.0 Å². The zero-order valence-corrected chi connectivity index (χ0v) is 12.5. The van der Waals surface area contributed by atoms with Gasteiger partial charge in [-0.3, -0.25) is 4.72 Å². The SMILES string of the molecule is CC(C)NCCCS(=O)(=O)Nc1cc(F)ccc1Cl. The average molecular weight is 309 g/mol. The summed E-state index contributed by atoms with van der Waals surface area (Å²) in [5.74, 6) is -0.580. The Hall–Kier alpha value is -0.850. The summed E-state index contributed by atoms with van der Waals surface area (Å²) in [4.78, 5) is 0. The van der Waals surface area contributed by atoms with Crippen LogP contribution in [0.15, 0.2) is 18.2 Å². The molecule has 0 fully saturated rings. The van der Waals surface area contributed by atoms with Crippen LogP contribution in [0.5, 0.6) is 0 Å². The molecular weight excluding hydrogens is 291 g/mol. The Bertz CT molecular complexity index is 520. The molecule has 0 saturated carbocycles. The molecule has 1 aromatic carbocycles. The second kappa shape index (κ2) is 7.07. The molecule has 2 N–H and O–H groups in total. The first-order chi connectivity index (χ1) is 8.80. The van der Waals surface area contributed by atoms with E-state index in [1.165, 1.54) is 12.1 Å². The van der Waals surface area contributed by atoms with E-state index in [1.54, 1.807) is 0 Å². The molecule has 0 spiro atoms. The second-order valence-electron chi connectivity index (χ2n) is 4.51. The summed E-state index contributed by atoms with van der Waals surface area (Å²) in [6, 6.07) is 3.86. The van der Waals surface area contributed by atoms with Crippen LogP contribution in [0.2, 0.25) is 5.02 Å². The molecule has 19 heavy (non-hydrogen) atoms. The third kappa shape index (κ3) is 6.22. The minimum atomic E-state index is -3.51. The summed E-state index contributed by atoms with van der Waals surface area (Å²) in [5, 5.41) is 3.30. The summed E-state index contributed by atoms with van der Waals surface area (Å²) in [6.07, 6.45) is 0.473. The van der Waals surface area contributed by atoms with Crippen LogP contribution in [0, 0.1) is 5.82 Å². The molecule has 108 valence electrons. The normalized spacial score (nSPS) is 11.8. The van der Waals surface area contributed by atoms with E-state index < -0.39 is 15.8 Å². The van der Waals surface area contributed by atoms with E-state index >= 15 is 0 Å². The number of hydrogen-bond donors (Lipinski definition) is 2. The molecule has 0 heterocycles. The molecule has 0 radical (unpaired) electrons. The second-order valence-corrected chi connectivity index (χ2v) is 6.76. The molecule has 0 saturated heterocycles. The maximum absolute atomic E-state index is 13.0. The summed E-state index contributed by atoms with van der Waals surface area (Å²) in [5.41, 5.74) is 0.0680. The monoisotopic (exact) mass is 308 g/mol. The average Bonchev–Trinajstić information content (AvgIpc) is 2.29. The van der Waals surface area contributed by atoms with Crippen LogP contribution in [0.4, 0.5) is 10.1 Å². The van der Waals surface area contributed by atoms with Gasteiger partial charge in [0.2, 0.25) is 10.0 Å². The number of halogens is 2. The topological polar surface area (TPSA) is 58.2 Å². The predicted molar refractivity (Wildman–Crippen MR) is 76.6 cm³/mol. The van der Waals surface area contributed by atoms with Crippen LogP contribution in [-0.2, 0) is 10.0 Å². The lowest BCUT2D eigenvalue weighted by Gasteiger charge is -2.11. The Morgan fingerprint density at radius 1 is 1.37 bits per heavy atom. The van der Waals surface area contributed by atoms with Crippen molar-refractivity contribution in [3.8, 4) is 0 Å². The fourth-order valence-electron chi connectivity index (χ4n) is 1.45. The largest absolute Gasteiger partial charge is 0.314 e. The summed E-state index contributed by atoms with van der Waals surface area (Å²) in [6.45, 7) is 4.58. The molecule has 7 heteroatoms. The highest BCUT2D eigenvalue weighted by Crippen LogP contribution is 2.23. The van der Waals surface area contributed by atoms with Gasteiger partial charge in [-0.25, -0.2) is 12.8 Å². The Balaban J connectivity index is 2.57. The van der Waals surface area contributed by atoms with Crippen LogP contribution in [0.1, 0.15) is 20.3 Å². The Morgan fingerprint density at radius 2 is 2.05 bits per heavy atom. The highest BCUT2D eigenvalue weighted by molar-refractivity contribution is 7.92. The fourth-order valence-corrected chi connectivity index (χ4v) is 2.80. The quantitative estimate of drug-likeness (QED) is 0.761. The van der Waals surface area contributed by atoms with Gasteiger partial charge in [-0.2, -0.15) is 0 Å². The lowest BCUT2D eigenvalue weighted by molar-refractivity contribution is 0.571. The Labute approximate surface area is 118 Å². The van der Waals surface area contributed by atoms with Gasteiger partial charge < -0.3 is 5.32 Å². The molecule has 0 unspecified atom stereocenters. The number of nitrogens with one attached hydrogen (secondary N) is 2. The fraction of sp³-hybridized carbons (Fsp3) is 0.500. The van der Waals surface area contributed by atoms with Gasteiger partial charge in [0.15, 0.2) is 0 Å². The summed E-state index contributed by atoms with van der Waals surface area (Å²) in [7, 11) is -3.51. The van der Waals surface area contributed by atoms with Crippen molar-refractivity contribution in [2.75, 3.05) is 17.0 Å². The predicted octanol–water partition coefficient (Wildman–Crippen LogP) is 2.61. The van der Waals surface area contributed by atoms with Crippen molar-refractivity contribution in [3.05, 3.63) is 29.0 Å². The van der Waals surface area contributed by atoms with E-state index in [1.807, 2.05) is 13.8 Å². The van der Waals surface area contributed by atoms with Gasteiger partial charge in [-0.1, -0.05) is 25.4 Å². The number of rotatable bonds is 7. The number of anilines is 1. The van der Waals surface area contributed by atoms with Crippen LogP contribution in [0.25, 0.3) is 0 Å². The van der Waals surface area contributed by atoms with Crippen molar-refractivity contribution in [1.82, 2.24) is 5.32 Å². The van der Waals surface area contributed by atoms with E-state index in [9.17, 15) is 12.8 Å². The van der Waals surface area contributed by atoms with Crippen molar-refractivity contribution >= 4 is 27.3 Å². The van der Waals surface area contributed by atoms with Crippen molar-refractivity contribution < 1.29 is 12.8 Å². The lowest BCUT2D eigenvalue weighted by Crippen LogP contribution is -2.26. The number of hydrogen-bond acceptors (Lipinski definition) is 3. The van der Waals surface area contributed by atoms with Gasteiger partial charge in [0.25, 0.3) is 0 Å². The summed E-state index contributed by atoms with van der Waals surface area (Å²) >= 11 is 5.80. The standard InChI is InChI=1S/C12H18ClFN2O2S/c1-9(2)15-6-3-7-19(17,18)16-12-8-10(14)4-5-11(12)13/h4-5,8-9,15-16H,3,6-7H2,1-2H3. The van der Waals surface area contributed by atoms with Gasteiger partial charge in [0.05, 0.1) is 16.5 Å². The van der Waals surface area contributed by atoms with Crippen LogP contribution in [0.3, 0.4) is 0 Å². The first-order valence-corrected chi connectivity index (χ1v) is 8.02. The zero-order valence-electron chi connectivity index (χ0n) is 10.9. The van der Waals surface area contributed by atoms with Gasteiger partial charge in [-0.05, 0) is 31.2 Å². The Morgan fingerprint density at radius 3 is 2.68 bits per heavy atom.